The summed E-state index contributed by atoms with van der Waals surface area (Å²) in [4.78, 5) is 16.3. The molecule has 0 saturated heterocycles. The molecular weight excluding hydrogens is 369 g/mol. The van der Waals surface area contributed by atoms with Crippen molar-refractivity contribution in [3.8, 4) is 5.69 Å². The van der Waals surface area contributed by atoms with E-state index in [2.05, 4.69) is 15.4 Å². The molecule has 3 aromatic rings. The Morgan fingerprint density at radius 1 is 1.12 bits per heavy atom. The smallest absolute Gasteiger partial charge is 0.306 e. The molecule has 5 nitrogen and oxygen atoms in total. The Hall–Kier alpha value is -2.87. The van der Waals surface area contributed by atoms with Gasteiger partial charge in [0.2, 0.25) is 0 Å². The molecule has 0 spiro atoms. The number of pyridine rings is 1. The number of aromatic nitrogens is 3. The zero-order valence-electron chi connectivity index (χ0n) is 13.4. The minimum Gasteiger partial charge on any atom is -0.306 e. The van der Waals surface area contributed by atoms with E-state index in [4.69, 9.17) is 11.6 Å². The summed E-state index contributed by atoms with van der Waals surface area (Å²) in [6.07, 6.45) is -2.41. The van der Waals surface area contributed by atoms with Crippen LogP contribution in [-0.4, -0.2) is 20.7 Å². The maximum atomic E-state index is 13.6. The van der Waals surface area contributed by atoms with Gasteiger partial charge in [-0.3, -0.25) is 4.79 Å². The first-order chi connectivity index (χ1) is 12.3. The first kappa shape index (κ1) is 17.9. The number of nitrogens with one attached hydrogen (secondary N) is 1. The average molecular weight is 381 g/mol. The van der Waals surface area contributed by atoms with Gasteiger partial charge in [-0.25, -0.2) is 9.67 Å². The van der Waals surface area contributed by atoms with Crippen molar-refractivity contribution in [1.29, 1.82) is 0 Å². The van der Waals surface area contributed by atoms with Gasteiger partial charge in [0.05, 0.1) is 17.4 Å². The minimum absolute atomic E-state index is 0.134. The molecule has 0 aliphatic rings. The van der Waals surface area contributed by atoms with Crippen molar-refractivity contribution < 1.29 is 18.0 Å². The Morgan fingerprint density at radius 3 is 2.38 bits per heavy atom. The van der Waals surface area contributed by atoms with Gasteiger partial charge in [-0.15, -0.1) is 0 Å². The van der Waals surface area contributed by atoms with Crippen molar-refractivity contribution in [3.05, 3.63) is 70.6 Å². The second kappa shape index (κ2) is 6.80. The van der Waals surface area contributed by atoms with Gasteiger partial charge in [-0.2, -0.15) is 18.3 Å². The number of hydrogen-bond acceptors (Lipinski definition) is 3. The zero-order valence-corrected chi connectivity index (χ0v) is 14.1. The Balaban J connectivity index is 2.00. The molecule has 26 heavy (non-hydrogen) atoms. The SMILES string of the molecule is Cc1ccc(NC(=O)c2cnn(-c3ccc(Cl)cc3)c2C(F)(F)F)nc1. The molecule has 9 heteroatoms. The first-order valence-electron chi connectivity index (χ1n) is 7.41. The van der Waals surface area contributed by atoms with Crippen LogP contribution in [0.5, 0.6) is 0 Å². The first-order valence-corrected chi connectivity index (χ1v) is 7.78. The summed E-state index contributed by atoms with van der Waals surface area (Å²) in [6, 6.07) is 8.83. The lowest BCUT2D eigenvalue weighted by molar-refractivity contribution is -0.143. The van der Waals surface area contributed by atoms with Crippen LogP contribution in [0.3, 0.4) is 0 Å². The Kier molecular flexibility index (Phi) is 4.69. The van der Waals surface area contributed by atoms with Crippen molar-refractivity contribution in [1.82, 2.24) is 14.8 Å². The summed E-state index contributed by atoms with van der Waals surface area (Å²) in [5.41, 5.74) is -0.789. The number of hydrogen-bond donors (Lipinski definition) is 1. The van der Waals surface area contributed by atoms with Gasteiger partial charge in [0.1, 0.15) is 5.82 Å². The molecule has 1 aromatic carbocycles. The number of amides is 1. The number of carbonyl (C=O) groups is 1. The van der Waals surface area contributed by atoms with Gasteiger partial charge in [0, 0.05) is 11.2 Å². The van der Waals surface area contributed by atoms with Crippen molar-refractivity contribution in [2.75, 3.05) is 5.32 Å². The molecule has 0 fully saturated rings. The van der Waals surface area contributed by atoms with E-state index in [0.717, 1.165) is 11.8 Å². The summed E-state index contributed by atoms with van der Waals surface area (Å²) >= 11 is 5.76. The van der Waals surface area contributed by atoms with Crippen LogP contribution >= 0.6 is 11.6 Å². The molecule has 2 aromatic heterocycles. The molecule has 3 rings (SSSR count). The maximum Gasteiger partial charge on any atom is 0.434 e. The summed E-state index contributed by atoms with van der Waals surface area (Å²) < 4.78 is 41.4. The van der Waals surface area contributed by atoms with E-state index in [0.29, 0.717) is 9.70 Å². The van der Waals surface area contributed by atoms with E-state index in [1.54, 1.807) is 13.0 Å². The van der Waals surface area contributed by atoms with Crippen LogP contribution < -0.4 is 5.32 Å². The lowest BCUT2D eigenvalue weighted by atomic mass is 10.2. The molecule has 1 amide bonds. The monoisotopic (exact) mass is 380 g/mol. The third-order valence-corrected chi connectivity index (χ3v) is 3.76. The van der Waals surface area contributed by atoms with E-state index in [9.17, 15) is 18.0 Å². The quantitative estimate of drug-likeness (QED) is 0.727. The fraction of sp³-hybridized carbons (Fsp3) is 0.118. The van der Waals surface area contributed by atoms with Crippen LogP contribution in [0.1, 0.15) is 21.6 Å². The molecule has 0 aliphatic carbocycles. The van der Waals surface area contributed by atoms with Crippen molar-refractivity contribution in [2.24, 2.45) is 0 Å². The fourth-order valence-electron chi connectivity index (χ4n) is 2.29. The van der Waals surface area contributed by atoms with Crippen molar-refractivity contribution >= 4 is 23.3 Å². The van der Waals surface area contributed by atoms with Gasteiger partial charge in [0.25, 0.3) is 5.91 Å². The van der Waals surface area contributed by atoms with E-state index in [1.165, 1.54) is 36.5 Å². The number of carbonyl (C=O) groups excluding carboxylic acids is 1. The normalized spacial score (nSPS) is 11.4. The number of halogens is 4. The van der Waals surface area contributed by atoms with Crippen LogP contribution in [0, 0.1) is 6.92 Å². The van der Waals surface area contributed by atoms with Crippen molar-refractivity contribution in [2.45, 2.75) is 13.1 Å². The van der Waals surface area contributed by atoms with Crippen LogP contribution in [0.2, 0.25) is 5.02 Å². The molecule has 0 aliphatic heterocycles. The highest BCUT2D eigenvalue weighted by atomic mass is 35.5. The lowest BCUT2D eigenvalue weighted by Crippen LogP contribution is -2.21. The molecule has 134 valence electrons. The van der Waals surface area contributed by atoms with Crippen LogP contribution in [-0.2, 0) is 6.18 Å². The molecule has 2 heterocycles. The minimum atomic E-state index is -4.79. The summed E-state index contributed by atoms with van der Waals surface area (Å²) in [6.45, 7) is 1.80. The number of anilines is 1. The van der Waals surface area contributed by atoms with Gasteiger partial charge in [0.15, 0.2) is 5.69 Å². The Bertz CT molecular complexity index is 934. The summed E-state index contributed by atoms with van der Waals surface area (Å²) in [7, 11) is 0. The third-order valence-electron chi connectivity index (χ3n) is 3.51. The maximum absolute atomic E-state index is 13.6. The van der Waals surface area contributed by atoms with E-state index < -0.39 is 23.3 Å². The topological polar surface area (TPSA) is 59.8 Å². The van der Waals surface area contributed by atoms with E-state index in [-0.39, 0.29) is 11.5 Å². The molecule has 0 bridgehead atoms. The second-order valence-corrected chi connectivity index (χ2v) is 5.90. The predicted octanol–water partition coefficient (Wildman–Crippen LogP) is 4.50. The second-order valence-electron chi connectivity index (χ2n) is 5.47. The van der Waals surface area contributed by atoms with Crippen molar-refractivity contribution in [3.63, 3.8) is 0 Å². The van der Waals surface area contributed by atoms with E-state index >= 15 is 0 Å². The largest absolute Gasteiger partial charge is 0.434 e. The highest BCUT2D eigenvalue weighted by molar-refractivity contribution is 6.30. The van der Waals surface area contributed by atoms with Gasteiger partial charge in [-0.05, 0) is 42.8 Å². The molecule has 0 radical (unpaired) electrons. The van der Waals surface area contributed by atoms with E-state index in [1.807, 2.05) is 0 Å². The molecule has 0 atom stereocenters. The average Bonchev–Trinajstić information content (AvgIpc) is 3.03. The van der Waals surface area contributed by atoms with Crippen LogP contribution in [0.15, 0.2) is 48.8 Å². The van der Waals surface area contributed by atoms with Crippen LogP contribution in [0.4, 0.5) is 19.0 Å². The molecule has 0 saturated carbocycles. The Morgan fingerprint density at radius 2 is 1.81 bits per heavy atom. The highest BCUT2D eigenvalue weighted by Gasteiger charge is 2.40. The summed E-state index contributed by atoms with van der Waals surface area (Å²) in [5, 5.41) is 6.45. The van der Waals surface area contributed by atoms with Gasteiger partial charge < -0.3 is 5.32 Å². The Labute approximate surface area is 151 Å². The number of alkyl halides is 3. The summed E-state index contributed by atoms with van der Waals surface area (Å²) in [5.74, 6) is -0.804. The van der Waals surface area contributed by atoms with Gasteiger partial charge >= 0.3 is 6.18 Å². The fourth-order valence-corrected chi connectivity index (χ4v) is 2.42. The number of nitrogens with zero attached hydrogens (tertiary/aromatic N) is 3. The lowest BCUT2D eigenvalue weighted by Gasteiger charge is -2.13. The number of aryl methyl sites for hydroxylation is 1. The third kappa shape index (κ3) is 3.70. The standard InChI is InChI=1S/C17H12ClF3N4O/c1-10-2-7-14(22-8-10)24-16(26)13-9-23-25(15(13)17(19,20)21)12-5-3-11(18)4-6-12/h2-9H,1H3,(H,22,24,26). The number of benzene rings is 1. The predicted molar refractivity (Wildman–Crippen MR) is 90.5 cm³/mol. The van der Waals surface area contributed by atoms with Gasteiger partial charge in [-0.1, -0.05) is 17.7 Å². The van der Waals surface area contributed by atoms with Crippen LogP contribution in [0.25, 0.3) is 5.69 Å². The zero-order chi connectivity index (χ0) is 18.9. The number of rotatable bonds is 3. The molecule has 0 unspecified atom stereocenters. The molecular formula is C17H12ClF3N4O. The molecule has 1 N–H and O–H groups in total. The highest BCUT2D eigenvalue weighted by Crippen LogP contribution is 2.34.